The van der Waals surface area contributed by atoms with Crippen LogP contribution in [0.5, 0.6) is 0 Å². The van der Waals surface area contributed by atoms with Crippen LogP contribution >= 0.6 is 0 Å². The first-order valence-electron chi connectivity index (χ1n) is 5.57. The van der Waals surface area contributed by atoms with E-state index in [4.69, 9.17) is 11.5 Å². The number of carbonyl (C=O) groups excluding carboxylic acids is 1. The van der Waals surface area contributed by atoms with Crippen LogP contribution in [0.4, 0.5) is 11.4 Å². The minimum Gasteiger partial charge on any atom is -0.382 e. The molecule has 1 aliphatic rings. The Morgan fingerprint density at radius 2 is 2.11 bits per heavy atom. The van der Waals surface area contributed by atoms with Crippen LogP contribution in [0, 0.1) is 10.1 Å². The molecule has 7 nitrogen and oxygen atoms in total. The summed E-state index contributed by atoms with van der Waals surface area (Å²) in [5.74, 6) is -0.690. The maximum atomic E-state index is 11.3. The van der Waals surface area contributed by atoms with E-state index >= 15 is 0 Å². The molecule has 0 spiro atoms. The molecule has 0 atom stereocenters. The lowest BCUT2D eigenvalue weighted by molar-refractivity contribution is -0.384. The van der Waals surface area contributed by atoms with Crippen molar-refractivity contribution >= 4 is 17.3 Å². The van der Waals surface area contributed by atoms with E-state index in [1.54, 1.807) is 0 Å². The van der Waals surface area contributed by atoms with Gasteiger partial charge in [0.25, 0.3) is 11.6 Å². The number of nitrogens with one attached hydrogen (secondary N) is 1. The number of rotatable bonds is 4. The molecule has 2 rings (SSSR count). The van der Waals surface area contributed by atoms with Gasteiger partial charge in [-0.1, -0.05) is 0 Å². The van der Waals surface area contributed by atoms with E-state index in [1.165, 1.54) is 18.2 Å². The molecule has 0 aliphatic heterocycles. The molecule has 0 heterocycles. The third kappa shape index (κ3) is 2.40. The summed E-state index contributed by atoms with van der Waals surface area (Å²) in [6.07, 6.45) is 1.63. The molecule has 0 saturated heterocycles. The molecule has 0 radical (unpaired) electrons. The Balaban J connectivity index is 2.23. The monoisotopic (exact) mass is 250 g/mol. The Bertz CT molecular complexity index is 497. The fourth-order valence-corrected chi connectivity index (χ4v) is 1.98. The number of nitrogens with zero attached hydrogens (tertiary/aromatic N) is 1. The summed E-state index contributed by atoms with van der Waals surface area (Å²) in [4.78, 5) is 21.4. The topological polar surface area (TPSA) is 124 Å². The van der Waals surface area contributed by atoms with Crippen molar-refractivity contribution in [2.24, 2.45) is 11.5 Å². The van der Waals surface area contributed by atoms with Crippen molar-refractivity contribution in [1.29, 1.82) is 0 Å². The Morgan fingerprint density at radius 1 is 1.44 bits per heavy atom. The zero-order chi connectivity index (χ0) is 13.3. The number of carbonyl (C=O) groups is 1. The van der Waals surface area contributed by atoms with Gasteiger partial charge in [-0.3, -0.25) is 14.9 Å². The van der Waals surface area contributed by atoms with Gasteiger partial charge in [-0.15, -0.1) is 0 Å². The average Bonchev–Trinajstić information content (AvgIpc) is 2.26. The zero-order valence-electron chi connectivity index (χ0n) is 9.63. The molecule has 1 aromatic carbocycles. The standard InChI is InChI=1S/C11H14N4O3/c12-6-3-7(4-6)14-10-2-1-8(15(17)18)5-9(10)11(13)16/h1-2,5-7,14H,3-4,12H2,(H2,13,16). The van der Waals surface area contributed by atoms with Crippen LogP contribution in [0.25, 0.3) is 0 Å². The van der Waals surface area contributed by atoms with Gasteiger partial charge in [-0.05, 0) is 18.9 Å². The SMILES string of the molecule is NC(=O)c1cc([N+](=O)[O-])ccc1NC1CC(N)C1. The first kappa shape index (κ1) is 12.3. The summed E-state index contributed by atoms with van der Waals surface area (Å²) in [5, 5.41) is 13.8. The predicted octanol–water partition coefficient (Wildman–Crippen LogP) is 0.595. The highest BCUT2D eigenvalue weighted by molar-refractivity contribution is 5.99. The van der Waals surface area contributed by atoms with Crippen LogP contribution in [0.1, 0.15) is 23.2 Å². The molecule has 1 aromatic rings. The van der Waals surface area contributed by atoms with E-state index in [0.29, 0.717) is 5.69 Å². The fourth-order valence-electron chi connectivity index (χ4n) is 1.98. The lowest BCUT2D eigenvalue weighted by atomic mass is 9.87. The van der Waals surface area contributed by atoms with E-state index in [1.807, 2.05) is 0 Å². The van der Waals surface area contributed by atoms with Crippen molar-refractivity contribution in [3.63, 3.8) is 0 Å². The van der Waals surface area contributed by atoms with Crippen molar-refractivity contribution in [2.75, 3.05) is 5.32 Å². The van der Waals surface area contributed by atoms with Crippen molar-refractivity contribution in [1.82, 2.24) is 0 Å². The summed E-state index contributed by atoms with van der Waals surface area (Å²) in [6.45, 7) is 0. The molecule has 0 unspecified atom stereocenters. The van der Waals surface area contributed by atoms with Crippen LogP contribution in [0.2, 0.25) is 0 Å². The van der Waals surface area contributed by atoms with E-state index in [9.17, 15) is 14.9 Å². The van der Waals surface area contributed by atoms with Crippen molar-refractivity contribution in [3.8, 4) is 0 Å². The highest BCUT2D eigenvalue weighted by Crippen LogP contribution is 2.27. The first-order valence-corrected chi connectivity index (χ1v) is 5.57. The second-order valence-electron chi connectivity index (χ2n) is 4.42. The molecular weight excluding hydrogens is 236 g/mol. The number of non-ortho nitro benzene ring substituents is 1. The van der Waals surface area contributed by atoms with Gasteiger partial charge in [-0.2, -0.15) is 0 Å². The van der Waals surface area contributed by atoms with Gasteiger partial charge in [0.2, 0.25) is 0 Å². The third-order valence-electron chi connectivity index (χ3n) is 3.01. The number of anilines is 1. The van der Waals surface area contributed by atoms with E-state index in [-0.39, 0.29) is 23.3 Å². The molecule has 0 aromatic heterocycles. The summed E-state index contributed by atoms with van der Waals surface area (Å²) in [6, 6.07) is 4.40. The van der Waals surface area contributed by atoms with Crippen LogP contribution in [-0.4, -0.2) is 22.9 Å². The quantitative estimate of drug-likeness (QED) is 0.533. The van der Waals surface area contributed by atoms with Crippen LogP contribution in [0.15, 0.2) is 18.2 Å². The van der Waals surface area contributed by atoms with Crippen molar-refractivity contribution in [3.05, 3.63) is 33.9 Å². The number of amides is 1. The Labute approximate surface area is 103 Å². The highest BCUT2D eigenvalue weighted by Gasteiger charge is 2.27. The molecule has 1 fully saturated rings. The van der Waals surface area contributed by atoms with Crippen LogP contribution in [-0.2, 0) is 0 Å². The summed E-state index contributed by atoms with van der Waals surface area (Å²) in [5.41, 5.74) is 11.4. The smallest absolute Gasteiger partial charge is 0.270 e. The molecular formula is C11H14N4O3. The average molecular weight is 250 g/mol. The second kappa shape index (κ2) is 4.61. The molecule has 1 saturated carbocycles. The van der Waals surface area contributed by atoms with E-state index in [2.05, 4.69) is 5.32 Å². The summed E-state index contributed by atoms with van der Waals surface area (Å²) >= 11 is 0. The largest absolute Gasteiger partial charge is 0.382 e. The van der Waals surface area contributed by atoms with Crippen LogP contribution < -0.4 is 16.8 Å². The number of nitro benzene ring substituents is 1. The molecule has 7 heteroatoms. The highest BCUT2D eigenvalue weighted by atomic mass is 16.6. The number of nitro groups is 1. The van der Waals surface area contributed by atoms with Gasteiger partial charge in [0.05, 0.1) is 10.5 Å². The number of nitrogens with two attached hydrogens (primary N) is 2. The predicted molar refractivity (Wildman–Crippen MR) is 66.2 cm³/mol. The van der Waals surface area contributed by atoms with Gasteiger partial charge in [0.1, 0.15) is 0 Å². The molecule has 1 aliphatic carbocycles. The number of benzene rings is 1. The second-order valence-corrected chi connectivity index (χ2v) is 4.42. The lowest BCUT2D eigenvalue weighted by Gasteiger charge is -2.34. The van der Waals surface area contributed by atoms with E-state index in [0.717, 1.165) is 12.8 Å². The fraction of sp³-hybridized carbons (Fsp3) is 0.364. The Kier molecular flexibility index (Phi) is 3.15. The molecule has 5 N–H and O–H groups in total. The maximum Gasteiger partial charge on any atom is 0.270 e. The maximum absolute atomic E-state index is 11.3. The Hall–Kier alpha value is -2.15. The first-order chi connectivity index (χ1) is 8.47. The van der Waals surface area contributed by atoms with Gasteiger partial charge in [0.15, 0.2) is 0 Å². The van der Waals surface area contributed by atoms with Crippen molar-refractivity contribution < 1.29 is 9.72 Å². The van der Waals surface area contributed by atoms with Gasteiger partial charge < -0.3 is 16.8 Å². The zero-order valence-corrected chi connectivity index (χ0v) is 9.63. The molecule has 0 bridgehead atoms. The van der Waals surface area contributed by atoms with Gasteiger partial charge in [0, 0.05) is 29.9 Å². The molecule has 96 valence electrons. The number of primary amides is 1. The number of hydrogen-bond donors (Lipinski definition) is 3. The molecule has 1 amide bonds. The van der Waals surface area contributed by atoms with E-state index < -0.39 is 10.8 Å². The third-order valence-corrected chi connectivity index (χ3v) is 3.01. The van der Waals surface area contributed by atoms with Gasteiger partial charge >= 0.3 is 0 Å². The van der Waals surface area contributed by atoms with Crippen LogP contribution in [0.3, 0.4) is 0 Å². The lowest BCUT2D eigenvalue weighted by Crippen LogP contribution is -2.44. The Morgan fingerprint density at radius 3 is 2.61 bits per heavy atom. The minimum atomic E-state index is -0.690. The minimum absolute atomic E-state index is 0.129. The molecule has 18 heavy (non-hydrogen) atoms. The van der Waals surface area contributed by atoms with Crippen molar-refractivity contribution in [2.45, 2.75) is 24.9 Å². The number of hydrogen-bond acceptors (Lipinski definition) is 5. The summed E-state index contributed by atoms with van der Waals surface area (Å²) < 4.78 is 0. The normalized spacial score (nSPS) is 22.1. The summed E-state index contributed by atoms with van der Waals surface area (Å²) in [7, 11) is 0. The van der Waals surface area contributed by atoms with Gasteiger partial charge in [-0.25, -0.2) is 0 Å².